The zero-order chi connectivity index (χ0) is 17.9. The molecule has 0 N–H and O–H groups in total. The summed E-state index contributed by atoms with van der Waals surface area (Å²) < 4.78 is 2.33. The fraction of sp³-hybridized carbons (Fsp3) is 0.850. The molecule has 6 heteroatoms. The van der Waals surface area contributed by atoms with E-state index in [0.717, 1.165) is 43.6 Å². The first-order valence-corrected chi connectivity index (χ1v) is 10.6. The average Bonchev–Trinajstić information content (AvgIpc) is 2.93. The van der Waals surface area contributed by atoms with Gasteiger partial charge >= 0.3 is 0 Å². The van der Waals surface area contributed by atoms with Crippen molar-refractivity contribution in [3.8, 4) is 0 Å². The maximum atomic E-state index is 11.8. The monoisotopic (exact) mass is 359 g/mol. The van der Waals surface area contributed by atoms with Gasteiger partial charge in [0.05, 0.1) is 6.04 Å². The second-order valence-electron chi connectivity index (χ2n) is 8.39. The first kappa shape index (κ1) is 18.0. The number of carbonyl (C=O) groups is 1. The van der Waals surface area contributed by atoms with Crippen LogP contribution in [0.2, 0.25) is 0 Å². The van der Waals surface area contributed by atoms with Crippen LogP contribution in [-0.4, -0.2) is 56.7 Å². The molecule has 26 heavy (non-hydrogen) atoms. The second kappa shape index (κ2) is 8.07. The maximum Gasteiger partial charge on any atom is 0.219 e. The van der Waals surface area contributed by atoms with Gasteiger partial charge in [-0.2, -0.15) is 0 Å². The Morgan fingerprint density at radius 1 is 0.962 bits per heavy atom. The van der Waals surface area contributed by atoms with Gasteiger partial charge in [0, 0.05) is 39.5 Å². The fourth-order valence-electron chi connectivity index (χ4n) is 5.11. The summed E-state index contributed by atoms with van der Waals surface area (Å²) >= 11 is 0. The lowest BCUT2D eigenvalue weighted by Gasteiger charge is -2.38. The molecule has 1 saturated heterocycles. The van der Waals surface area contributed by atoms with Crippen LogP contribution < -0.4 is 0 Å². The molecule has 1 aromatic heterocycles. The number of carbonyl (C=O) groups excluding carboxylic acids is 1. The Bertz CT molecular complexity index is 622. The van der Waals surface area contributed by atoms with Crippen LogP contribution in [-0.2, 0) is 17.8 Å². The number of piperidine rings is 1. The number of nitrogens with zero attached hydrogens (tertiary/aromatic N) is 5. The summed E-state index contributed by atoms with van der Waals surface area (Å²) in [7, 11) is 0. The van der Waals surface area contributed by atoms with Crippen molar-refractivity contribution in [3.05, 3.63) is 11.6 Å². The van der Waals surface area contributed by atoms with E-state index < -0.39 is 0 Å². The number of rotatable bonds is 3. The molecule has 3 heterocycles. The molecule has 0 bridgehead atoms. The Kier molecular flexibility index (Phi) is 5.57. The van der Waals surface area contributed by atoms with E-state index >= 15 is 0 Å². The molecule has 0 spiro atoms. The summed E-state index contributed by atoms with van der Waals surface area (Å²) in [6.07, 6.45) is 11.6. The molecule has 4 rings (SSSR count). The van der Waals surface area contributed by atoms with E-state index in [1.807, 2.05) is 4.90 Å². The third kappa shape index (κ3) is 3.80. The van der Waals surface area contributed by atoms with Crippen LogP contribution in [0.4, 0.5) is 0 Å². The van der Waals surface area contributed by atoms with Crippen LogP contribution >= 0.6 is 0 Å². The van der Waals surface area contributed by atoms with Crippen LogP contribution in [0.3, 0.4) is 0 Å². The lowest BCUT2D eigenvalue weighted by Crippen LogP contribution is -2.39. The van der Waals surface area contributed by atoms with Gasteiger partial charge in [-0.3, -0.25) is 9.69 Å². The highest BCUT2D eigenvalue weighted by atomic mass is 16.2. The highest BCUT2D eigenvalue weighted by Gasteiger charge is 2.32. The topological polar surface area (TPSA) is 54.3 Å². The minimum absolute atomic E-state index is 0.168. The van der Waals surface area contributed by atoms with Crippen molar-refractivity contribution in [1.82, 2.24) is 24.6 Å². The quantitative estimate of drug-likeness (QED) is 0.833. The summed E-state index contributed by atoms with van der Waals surface area (Å²) in [5.74, 6) is 3.25. The van der Waals surface area contributed by atoms with E-state index in [0.29, 0.717) is 6.04 Å². The number of aromatic nitrogens is 3. The third-order valence-electron chi connectivity index (χ3n) is 6.63. The maximum absolute atomic E-state index is 11.8. The Morgan fingerprint density at radius 2 is 1.77 bits per heavy atom. The Morgan fingerprint density at radius 3 is 2.58 bits per heavy atom. The molecule has 3 aliphatic rings. The van der Waals surface area contributed by atoms with E-state index in [4.69, 9.17) is 0 Å². The van der Waals surface area contributed by atoms with Gasteiger partial charge in [-0.1, -0.05) is 25.7 Å². The molecule has 1 atom stereocenters. The molecule has 144 valence electrons. The summed E-state index contributed by atoms with van der Waals surface area (Å²) in [5.41, 5.74) is 0. The van der Waals surface area contributed by atoms with Crippen LogP contribution in [0.25, 0.3) is 0 Å². The highest BCUT2D eigenvalue weighted by molar-refractivity contribution is 5.73. The van der Waals surface area contributed by atoms with Crippen molar-refractivity contribution in [3.63, 3.8) is 0 Å². The number of hydrogen-bond acceptors (Lipinski definition) is 4. The molecule has 0 radical (unpaired) electrons. The van der Waals surface area contributed by atoms with Gasteiger partial charge in [0.25, 0.3) is 0 Å². The van der Waals surface area contributed by atoms with Gasteiger partial charge in [-0.25, -0.2) is 0 Å². The minimum Gasteiger partial charge on any atom is -0.341 e. The molecule has 6 nitrogen and oxygen atoms in total. The molecule has 2 aliphatic heterocycles. The van der Waals surface area contributed by atoms with Crippen molar-refractivity contribution in [1.29, 1.82) is 0 Å². The number of amides is 1. The zero-order valence-corrected chi connectivity index (χ0v) is 16.2. The average molecular weight is 360 g/mol. The van der Waals surface area contributed by atoms with Gasteiger partial charge < -0.3 is 9.47 Å². The lowest BCUT2D eigenvalue weighted by atomic mass is 9.87. The Labute approximate surface area is 156 Å². The van der Waals surface area contributed by atoms with Gasteiger partial charge in [0.1, 0.15) is 11.6 Å². The SMILES string of the molecule is CC(=O)N1CCc2nnc([C@H]3CCCCN3CC3CCCCC3)n2CC1. The highest BCUT2D eigenvalue weighted by Crippen LogP contribution is 2.34. The molecule has 0 aromatic carbocycles. The summed E-state index contributed by atoms with van der Waals surface area (Å²) in [5, 5.41) is 9.16. The van der Waals surface area contributed by atoms with Gasteiger partial charge in [-0.05, 0) is 38.1 Å². The van der Waals surface area contributed by atoms with Gasteiger partial charge in [-0.15, -0.1) is 10.2 Å². The molecule has 1 amide bonds. The van der Waals surface area contributed by atoms with E-state index in [1.165, 1.54) is 64.5 Å². The lowest BCUT2D eigenvalue weighted by molar-refractivity contribution is -0.128. The van der Waals surface area contributed by atoms with Crippen molar-refractivity contribution < 1.29 is 4.79 Å². The smallest absolute Gasteiger partial charge is 0.219 e. The van der Waals surface area contributed by atoms with Crippen molar-refractivity contribution in [2.75, 3.05) is 26.2 Å². The molecular weight excluding hydrogens is 326 g/mol. The molecule has 1 aromatic rings. The second-order valence-corrected chi connectivity index (χ2v) is 8.39. The van der Waals surface area contributed by atoms with E-state index in [1.54, 1.807) is 6.92 Å². The predicted octanol–water partition coefficient (Wildman–Crippen LogP) is 2.79. The van der Waals surface area contributed by atoms with Crippen LogP contribution in [0, 0.1) is 5.92 Å². The van der Waals surface area contributed by atoms with Gasteiger partial charge in [0.2, 0.25) is 5.91 Å². The standard InChI is InChI=1S/C20H33N5O/c1-16(26)23-12-10-19-21-22-20(25(19)14-13-23)18-9-5-6-11-24(18)15-17-7-3-2-4-8-17/h17-18H,2-15H2,1H3/t18-/m1/s1. The summed E-state index contributed by atoms with van der Waals surface area (Å²) in [4.78, 5) is 16.4. The zero-order valence-electron chi connectivity index (χ0n) is 16.2. The van der Waals surface area contributed by atoms with E-state index in [2.05, 4.69) is 19.7 Å². The fourth-order valence-corrected chi connectivity index (χ4v) is 5.11. The van der Waals surface area contributed by atoms with Crippen molar-refractivity contribution in [2.45, 2.75) is 77.3 Å². The van der Waals surface area contributed by atoms with Crippen molar-refractivity contribution >= 4 is 5.91 Å². The molecule has 1 aliphatic carbocycles. The Balaban J connectivity index is 1.50. The predicted molar refractivity (Wildman–Crippen MR) is 101 cm³/mol. The Hall–Kier alpha value is -1.43. The molecule has 2 fully saturated rings. The number of likely N-dealkylation sites (tertiary alicyclic amines) is 1. The number of fused-ring (bicyclic) bond motifs is 1. The molecular formula is C20H33N5O. The minimum atomic E-state index is 0.168. The summed E-state index contributed by atoms with van der Waals surface area (Å²) in [6.45, 7) is 6.48. The van der Waals surface area contributed by atoms with E-state index in [-0.39, 0.29) is 5.91 Å². The third-order valence-corrected chi connectivity index (χ3v) is 6.63. The first-order chi connectivity index (χ1) is 12.7. The number of hydrogen-bond donors (Lipinski definition) is 0. The normalized spacial score (nSPS) is 25.7. The van der Waals surface area contributed by atoms with Crippen LogP contribution in [0.1, 0.15) is 76.0 Å². The molecule has 0 unspecified atom stereocenters. The molecule has 1 saturated carbocycles. The first-order valence-electron chi connectivity index (χ1n) is 10.6. The van der Waals surface area contributed by atoms with Crippen molar-refractivity contribution in [2.24, 2.45) is 5.92 Å². The van der Waals surface area contributed by atoms with Crippen LogP contribution in [0.5, 0.6) is 0 Å². The van der Waals surface area contributed by atoms with Gasteiger partial charge in [0.15, 0.2) is 0 Å². The largest absolute Gasteiger partial charge is 0.341 e. The van der Waals surface area contributed by atoms with Crippen LogP contribution in [0.15, 0.2) is 0 Å². The summed E-state index contributed by atoms with van der Waals surface area (Å²) in [6, 6.07) is 0.413. The van der Waals surface area contributed by atoms with E-state index in [9.17, 15) is 4.79 Å².